The number of ether oxygens (including phenoxy) is 1. The summed E-state index contributed by atoms with van der Waals surface area (Å²) < 4.78 is 11.1. The van der Waals surface area contributed by atoms with E-state index in [1.807, 2.05) is 43.3 Å². The van der Waals surface area contributed by atoms with Crippen molar-refractivity contribution >= 4 is 16.8 Å². The van der Waals surface area contributed by atoms with Crippen molar-refractivity contribution in [1.82, 2.24) is 4.98 Å². The number of hydrogen-bond donors (Lipinski definition) is 1. The third kappa shape index (κ3) is 1.78. The van der Waals surface area contributed by atoms with Crippen molar-refractivity contribution in [2.75, 3.05) is 5.73 Å². The van der Waals surface area contributed by atoms with Crippen molar-refractivity contribution < 1.29 is 9.15 Å². The second-order valence-corrected chi connectivity index (χ2v) is 4.04. The standard InChI is InChI=1S/C14H12N2O2/c1-9-5-4-6-10(15)13(9)18-14-16-11-7-2-3-8-12(11)17-14/h2-8H,15H2,1H3. The Kier molecular flexibility index (Phi) is 2.41. The number of aromatic nitrogens is 1. The number of nitrogen functional groups attached to an aromatic ring is 1. The molecule has 0 unspecified atom stereocenters. The second-order valence-electron chi connectivity index (χ2n) is 4.04. The smallest absolute Gasteiger partial charge is 0.400 e. The van der Waals surface area contributed by atoms with Crippen molar-refractivity contribution in [3.05, 3.63) is 48.0 Å². The molecule has 2 aromatic carbocycles. The normalized spacial score (nSPS) is 10.7. The summed E-state index contributed by atoms with van der Waals surface area (Å²) in [6.45, 7) is 1.92. The minimum absolute atomic E-state index is 0.206. The van der Waals surface area contributed by atoms with Crippen LogP contribution in [0.4, 0.5) is 5.69 Å². The molecule has 90 valence electrons. The number of hydrogen-bond acceptors (Lipinski definition) is 4. The summed E-state index contributed by atoms with van der Waals surface area (Å²) in [7, 11) is 0. The van der Waals surface area contributed by atoms with E-state index in [4.69, 9.17) is 14.9 Å². The largest absolute Gasteiger partial charge is 0.409 e. The lowest BCUT2D eigenvalue weighted by Gasteiger charge is -2.07. The predicted octanol–water partition coefficient (Wildman–Crippen LogP) is 3.51. The number of anilines is 1. The van der Waals surface area contributed by atoms with Gasteiger partial charge in [0.2, 0.25) is 0 Å². The molecule has 0 aliphatic carbocycles. The zero-order valence-electron chi connectivity index (χ0n) is 9.88. The first kappa shape index (κ1) is 10.7. The van der Waals surface area contributed by atoms with Crippen LogP contribution in [0.5, 0.6) is 11.8 Å². The van der Waals surface area contributed by atoms with Gasteiger partial charge < -0.3 is 14.9 Å². The van der Waals surface area contributed by atoms with E-state index in [1.54, 1.807) is 6.07 Å². The molecule has 0 radical (unpaired) electrons. The first-order valence-corrected chi connectivity index (χ1v) is 5.62. The van der Waals surface area contributed by atoms with Crippen LogP contribution in [0.25, 0.3) is 11.1 Å². The Morgan fingerprint density at radius 1 is 1.11 bits per heavy atom. The van der Waals surface area contributed by atoms with Crippen LogP contribution < -0.4 is 10.5 Å². The van der Waals surface area contributed by atoms with Gasteiger partial charge in [0.15, 0.2) is 11.3 Å². The van der Waals surface area contributed by atoms with Crippen LogP contribution in [0.3, 0.4) is 0 Å². The highest BCUT2D eigenvalue weighted by molar-refractivity contribution is 5.72. The van der Waals surface area contributed by atoms with E-state index in [2.05, 4.69) is 4.98 Å². The van der Waals surface area contributed by atoms with E-state index in [0.29, 0.717) is 17.0 Å². The third-order valence-corrected chi connectivity index (χ3v) is 2.71. The Morgan fingerprint density at radius 2 is 1.94 bits per heavy atom. The van der Waals surface area contributed by atoms with Crippen LogP contribution in [0.2, 0.25) is 0 Å². The lowest BCUT2D eigenvalue weighted by Crippen LogP contribution is -1.94. The summed E-state index contributed by atoms with van der Waals surface area (Å²) in [5.41, 5.74) is 8.84. The number of oxazole rings is 1. The molecule has 18 heavy (non-hydrogen) atoms. The van der Waals surface area contributed by atoms with E-state index >= 15 is 0 Å². The summed E-state index contributed by atoms with van der Waals surface area (Å²) in [6, 6.07) is 13.1. The first-order chi connectivity index (χ1) is 8.74. The van der Waals surface area contributed by atoms with Crippen molar-refractivity contribution in [2.45, 2.75) is 6.92 Å². The topological polar surface area (TPSA) is 61.3 Å². The van der Waals surface area contributed by atoms with Gasteiger partial charge in [-0.05, 0) is 30.7 Å². The summed E-state index contributed by atoms with van der Waals surface area (Å²) in [5.74, 6) is 0.587. The van der Waals surface area contributed by atoms with Crippen molar-refractivity contribution in [3.8, 4) is 11.8 Å². The molecule has 0 amide bonds. The fraction of sp³-hybridized carbons (Fsp3) is 0.0714. The van der Waals surface area contributed by atoms with Crippen molar-refractivity contribution in [1.29, 1.82) is 0 Å². The molecule has 0 bridgehead atoms. The van der Waals surface area contributed by atoms with Gasteiger partial charge in [0.05, 0.1) is 5.69 Å². The van der Waals surface area contributed by atoms with Crippen molar-refractivity contribution in [3.63, 3.8) is 0 Å². The maximum atomic E-state index is 5.87. The van der Waals surface area contributed by atoms with Gasteiger partial charge in [-0.15, -0.1) is 0 Å². The van der Waals surface area contributed by atoms with Gasteiger partial charge in [-0.25, -0.2) is 0 Å². The maximum Gasteiger partial charge on any atom is 0.400 e. The van der Waals surface area contributed by atoms with Gasteiger partial charge in [-0.3, -0.25) is 0 Å². The lowest BCUT2D eigenvalue weighted by molar-refractivity contribution is 0.343. The molecule has 1 aromatic heterocycles. The molecule has 0 aliphatic rings. The number of fused-ring (bicyclic) bond motifs is 1. The fourth-order valence-electron chi connectivity index (χ4n) is 1.80. The summed E-state index contributed by atoms with van der Waals surface area (Å²) in [4.78, 5) is 4.25. The minimum Gasteiger partial charge on any atom is -0.409 e. The quantitative estimate of drug-likeness (QED) is 0.696. The number of nitrogens with zero attached hydrogens (tertiary/aromatic N) is 1. The highest BCUT2D eigenvalue weighted by Crippen LogP contribution is 2.31. The molecule has 0 saturated heterocycles. The molecule has 0 spiro atoms. The molecular formula is C14H12N2O2. The molecule has 0 atom stereocenters. The molecule has 3 aromatic rings. The van der Waals surface area contributed by atoms with Gasteiger partial charge in [0.25, 0.3) is 0 Å². The molecule has 4 nitrogen and oxygen atoms in total. The summed E-state index contributed by atoms with van der Waals surface area (Å²) in [6.07, 6.45) is 0.206. The summed E-state index contributed by atoms with van der Waals surface area (Å²) >= 11 is 0. The lowest BCUT2D eigenvalue weighted by atomic mass is 10.2. The number of aryl methyl sites for hydroxylation is 1. The van der Waals surface area contributed by atoms with Crippen LogP contribution in [0.15, 0.2) is 46.9 Å². The van der Waals surface area contributed by atoms with Gasteiger partial charge in [-0.1, -0.05) is 24.3 Å². The molecule has 0 fully saturated rings. The van der Waals surface area contributed by atoms with Gasteiger partial charge in [0.1, 0.15) is 5.52 Å². The number of para-hydroxylation sites is 3. The maximum absolute atomic E-state index is 5.87. The minimum atomic E-state index is 0.206. The van der Waals surface area contributed by atoms with Crippen LogP contribution in [0, 0.1) is 6.92 Å². The number of rotatable bonds is 2. The van der Waals surface area contributed by atoms with Crippen LogP contribution in [-0.2, 0) is 0 Å². The van der Waals surface area contributed by atoms with E-state index in [-0.39, 0.29) is 6.08 Å². The Bertz CT molecular complexity index is 651. The Balaban J connectivity index is 2.01. The number of nitrogens with two attached hydrogens (primary N) is 1. The van der Waals surface area contributed by atoms with E-state index in [0.717, 1.165) is 11.1 Å². The van der Waals surface area contributed by atoms with E-state index in [9.17, 15) is 0 Å². The Labute approximate surface area is 104 Å². The highest BCUT2D eigenvalue weighted by atomic mass is 16.6. The summed E-state index contributed by atoms with van der Waals surface area (Å²) in [5, 5.41) is 0. The monoisotopic (exact) mass is 240 g/mol. The van der Waals surface area contributed by atoms with Crippen LogP contribution >= 0.6 is 0 Å². The second kappa shape index (κ2) is 4.07. The Morgan fingerprint density at radius 3 is 2.72 bits per heavy atom. The van der Waals surface area contributed by atoms with Crippen LogP contribution in [-0.4, -0.2) is 4.98 Å². The third-order valence-electron chi connectivity index (χ3n) is 2.71. The average Bonchev–Trinajstić information content (AvgIpc) is 2.76. The van der Waals surface area contributed by atoms with Crippen molar-refractivity contribution in [2.24, 2.45) is 0 Å². The molecule has 0 aliphatic heterocycles. The van der Waals surface area contributed by atoms with E-state index < -0.39 is 0 Å². The predicted molar refractivity (Wildman–Crippen MR) is 69.7 cm³/mol. The molecule has 3 rings (SSSR count). The van der Waals surface area contributed by atoms with Gasteiger partial charge in [-0.2, -0.15) is 4.98 Å². The SMILES string of the molecule is Cc1cccc(N)c1Oc1nc2ccccc2o1. The molecular weight excluding hydrogens is 228 g/mol. The first-order valence-electron chi connectivity index (χ1n) is 5.62. The zero-order chi connectivity index (χ0) is 12.5. The highest BCUT2D eigenvalue weighted by Gasteiger charge is 2.11. The van der Waals surface area contributed by atoms with Crippen LogP contribution in [0.1, 0.15) is 5.56 Å². The molecule has 0 saturated carbocycles. The zero-order valence-corrected chi connectivity index (χ0v) is 9.88. The average molecular weight is 240 g/mol. The van der Waals surface area contributed by atoms with E-state index in [1.165, 1.54) is 0 Å². The van der Waals surface area contributed by atoms with Gasteiger partial charge in [0, 0.05) is 0 Å². The molecule has 4 heteroatoms. The molecule has 2 N–H and O–H groups in total. The Hall–Kier alpha value is -2.49. The van der Waals surface area contributed by atoms with Gasteiger partial charge >= 0.3 is 6.08 Å². The molecule has 1 heterocycles. The fourth-order valence-corrected chi connectivity index (χ4v) is 1.80. The number of benzene rings is 2.